The van der Waals surface area contributed by atoms with Crippen molar-refractivity contribution in [2.45, 2.75) is 0 Å². The first kappa shape index (κ1) is 14.2. The summed E-state index contributed by atoms with van der Waals surface area (Å²) in [6, 6.07) is 19.5. The predicted molar refractivity (Wildman–Crippen MR) is 83.3 cm³/mol. The molecule has 0 spiro atoms. The third-order valence-corrected chi connectivity index (χ3v) is 3.00. The summed E-state index contributed by atoms with van der Waals surface area (Å²) in [5, 5.41) is 8.90. The van der Waals surface area contributed by atoms with Gasteiger partial charge in [-0.2, -0.15) is 9.97 Å². The van der Waals surface area contributed by atoms with Crippen molar-refractivity contribution in [3.8, 4) is 28.8 Å². The van der Waals surface area contributed by atoms with Gasteiger partial charge in [0.2, 0.25) is 0 Å². The highest BCUT2D eigenvalue weighted by molar-refractivity contribution is 5.61. The van der Waals surface area contributed by atoms with Gasteiger partial charge in [0.1, 0.15) is 6.61 Å². The normalized spacial score (nSPS) is 10.4. The fourth-order valence-corrected chi connectivity index (χ4v) is 1.99. The molecule has 0 radical (unpaired) electrons. The van der Waals surface area contributed by atoms with Gasteiger partial charge in [0, 0.05) is 11.1 Å². The number of ether oxygens (including phenoxy) is 1. The van der Waals surface area contributed by atoms with E-state index in [-0.39, 0.29) is 19.2 Å². The van der Waals surface area contributed by atoms with Gasteiger partial charge >= 0.3 is 6.01 Å². The smallest absolute Gasteiger partial charge is 0.320 e. The van der Waals surface area contributed by atoms with Gasteiger partial charge in [-0.05, 0) is 0 Å². The summed E-state index contributed by atoms with van der Waals surface area (Å²) in [5.41, 5.74) is 1.77. The SMILES string of the molecule is OCCOc1nc(-c2ccccc2)nc(-c2ccccc2)n1. The first-order chi connectivity index (χ1) is 10.9. The van der Waals surface area contributed by atoms with Gasteiger partial charge in [-0.25, -0.2) is 4.98 Å². The van der Waals surface area contributed by atoms with Crippen LogP contribution < -0.4 is 4.74 Å². The molecule has 110 valence electrons. The largest absolute Gasteiger partial charge is 0.461 e. The molecule has 1 heterocycles. The molecule has 0 amide bonds. The van der Waals surface area contributed by atoms with Crippen molar-refractivity contribution in [3.63, 3.8) is 0 Å². The standard InChI is InChI=1S/C17H15N3O2/c21-11-12-22-17-19-15(13-7-3-1-4-8-13)18-16(20-17)14-9-5-2-6-10-14/h1-10,21H,11-12H2. The molecule has 0 aliphatic heterocycles. The fourth-order valence-electron chi connectivity index (χ4n) is 1.99. The molecule has 22 heavy (non-hydrogen) atoms. The fraction of sp³-hybridized carbons (Fsp3) is 0.118. The van der Waals surface area contributed by atoms with Gasteiger partial charge < -0.3 is 9.84 Å². The molecular formula is C17H15N3O2. The minimum absolute atomic E-state index is 0.0903. The molecule has 0 bridgehead atoms. The van der Waals surface area contributed by atoms with Gasteiger partial charge in [-0.1, -0.05) is 60.7 Å². The van der Waals surface area contributed by atoms with Crippen LogP contribution in [0, 0.1) is 0 Å². The molecular weight excluding hydrogens is 278 g/mol. The van der Waals surface area contributed by atoms with Crippen LogP contribution in [-0.2, 0) is 0 Å². The molecule has 0 fully saturated rings. The van der Waals surface area contributed by atoms with Crippen LogP contribution in [0.1, 0.15) is 0 Å². The second-order valence-corrected chi connectivity index (χ2v) is 4.57. The molecule has 5 heteroatoms. The Bertz CT molecular complexity index is 676. The number of aromatic nitrogens is 3. The quantitative estimate of drug-likeness (QED) is 0.783. The van der Waals surface area contributed by atoms with Crippen molar-refractivity contribution in [2.24, 2.45) is 0 Å². The van der Waals surface area contributed by atoms with Crippen molar-refractivity contribution in [2.75, 3.05) is 13.2 Å². The van der Waals surface area contributed by atoms with Crippen LogP contribution in [0.2, 0.25) is 0 Å². The lowest BCUT2D eigenvalue weighted by molar-refractivity contribution is 0.191. The molecule has 1 aromatic heterocycles. The van der Waals surface area contributed by atoms with Crippen LogP contribution >= 0.6 is 0 Å². The zero-order chi connectivity index (χ0) is 15.2. The lowest BCUT2D eigenvalue weighted by Crippen LogP contribution is -2.07. The lowest BCUT2D eigenvalue weighted by Gasteiger charge is -2.08. The van der Waals surface area contributed by atoms with Crippen LogP contribution in [-0.4, -0.2) is 33.3 Å². The maximum Gasteiger partial charge on any atom is 0.320 e. The highest BCUT2D eigenvalue weighted by Gasteiger charge is 2.10. The van der Waals surface area contributed by atoms with Crippen molar-refractivity contribution in [3.05, 3.63) is 60.7 Å². The molecule has 0 saturated heterocycles. The van der Waals surface area contributed by atoms with Crippen molar-refractivity contribution in [1.29, 1.82) is 0 Å². The number of hydrogen-bond acceptors (Lipinski definition) is 5. The second-order valence-electron chi connectivity index (χ2n) is 4.57. The van der Waals surface area contributed by atoms with E-state index in [2.05, 4.69) is 15.0 Å². The molecule has 0 aliphatic carbocycles. The average molecular weight is 293 g/mol. The molecule has 1 N–H and O–H groups in total. The van der Waals surface area contributed by atoms with E-state index in [0.717, 1.165) is 11.1 Å². The van der Waals surface area contributed by atoms with E-state index in [1.165, 1.54) is 0 Å². The minimum atomic E-state index is -0.0903. The Hall–Kier alpha value is -2.79. The molecule has 5 nitrogen and oxygen atoms in total. The lowest BCUT2D eigenvalue weighted by atomic mass is 10.2. The van der Waals surface area contributed by atoms with E-state index >= 15 is 0 Å². The van der Waals surface area contributed by atoms with Gasteiger partial charge in [0.15, 0.2) is 11.6 Å². The minimum Gasteiger partial charge on any atom is -0.461 e. The van der Waals surface area contributed by atoms with Crippen molar-refractivity contribution in [1.82, 2.24) is 15.0 Å². The van der Waals surface area contributed by atoms with Gasteiger partial charge in [-0.15, -0.1) is 0 Å². The molecule has 2 aromatic carbocycles. The number of hydrogen-bond donors (Lipinski definition) is 1. The van der Waals surface area contributed by atoms with Crippen LogP contribution in [0.4, 0.5) is 0 Å². The third-order valence-electron chi connectivity index (χ3n) is 3.00. The second kappa shape index (κ2) is 6.78. The zero-order valence-corrected chi connectivity index (χ0v) is 11.9. The topological polar surface area (TPSA) is 68.1 Å². The summed E-state index contributed by atoms with van der Waals surface area (Å²) in [4.78, 5) is 13.1. The highest BCUT2D eigenvalue weighted by Crippen LogP contribution is 2.22. The van der Waals surface area contributed by atoms with E-state index in [9.17, 15) is 0 Å². The first-order valence-corrected chi connectivity index (χ1v) is 6.97. The van der Waals surface area contributed by atoms with E-state index in [4.69, 9.17) is 9.84 Å². The van der Waals surface area contributed by atoms with Gasteiger partial charge in [0.05, 0.1) is 6.61 Å². The maximum absolute atomic E-state index is 8.90. The number of benzene rings is 2. The number of nitrogens with zero attached hydrogens (tertiary/aromatic N) is 3. The summed E-state index contributed by atoms with van der Waals surface area (Å²) in [7, 11) is 0. The average Bonchev–Trinajstić information content (AvgIpc) is 2.61. The molecule has 0 saturated carbocycles. The zero-order valence-electron chi connectivity index (χ0n) is 11.9. The maximum atomic E-state index is 8.90. The Kier molecular flexibility index (Phi) is 4.36. The Morgan fingerprint density at radius 2 is 1.23 bits per heavy atom. The monoisotopic (exact) mass is 293 g/mol. The molecule has 0 unspecified atom stereocenters. The summed E-state index contributed by atoms with van der Waals surface area (Å²) in [5.74, 6) is 1.09. The van der Waals surface area contributed by atoms with E-state index in [1.807, 2.05) is 60.7 Å². The summed E-state index contributed by atoms with van der Waals surface area (Å²) < 4.78 is 5.37. The van der Waals surface area contributed by atoms with Crippen LogP contribution in [0.3, 0.4) is 0 Å². The Balaban J connectivity index is 2.06. The Labute approximate surface area is 128 Å². The molecule has 0 aliphatic rings. The Morgan fingerprint density at radius 1 is 0.727 bits per heavy atom. The van der Waals surface area contributed by atoms with Gasteiger partial charge in [-0.3, -0.25) is 0 Å². The summed E-state index contributed by atoms with van der Waals surface area (Å²) in [6.07, 6.45) is 0. The highest BCUT2D eigenvalue weighted by atomic mass is 16.5. The van der Waals surface area contributed by atoms with Crippen molar-refractivity contribution < 1.29 is 9.84 Å². The Morgan fingerprint density at radius 3 is 1.68 bits per heavy atom. The van der Waals surface area contributed by atoms with Crippen LogP contribution in [0.25, 0.3) is 22.8 Å². The van der Waals surface area contributed by atoms with Crippen molar-refractivity contribution >= 4 is 0 Å². The molecule has 0 atom stereocenters. The van der Waals surface area contributed by atoms with Crippen LogP contribution in [0.5, 0.6) is 6.01 Å². The number of aliphatic hydroxyl groups is 1. The number of aliphatic hydroxyl groups excluding tert-OH is 1. The first-order valence-electron chi connectivity index (χ1n) is 6.97. The molecule has 3 aromatic rings. The summed E-state index contributed by atoms with van der Waals surface area (Å²) >= 11 is 0. The predicted octanol–water partition coefficient (Wildman–Crippen LogP) is 2.58. The van der Waals surface area contributed by atoms with Crippen LogP contribution in [0.15, 0.2) is 60.7 Å². The number of rotatable bonds is 5. The third kappa shape index (κ3) is 3.27. The molecule has 3 rings (SSSR count). The summed E-state index contributed by atoms with van der Waals surface area (Å²) in [6.45, 7) is 0.0551. The van der Waals surface area contributed by atoms with Gasteiger partial charge in [0.25, 0.3) is 0 Å². The van der Waals surface area contributed by atoms with E-state index in [0.29, 0.717) is 11.6 Å². The van der Waals surface area contributed by atoms with E-state index < -0.39 is 0 Å². The van der Waals surface area contributed by atoms with E-state index in [1.54, 1.807) is 0 Å².